The van der Waals surface area contributed by atoms with Gasteiger partial charge in [0.15, 0.2) is 6.29 Å². The Morgan fingerprint density at radius 3 is 2.60 bits per heavy atom. The summed E-state index contributed by atoms with van der Waals surface area (Å²) in [6, 6.07) is 0. The fourth-order valence-corrected chi connectivity index (χ4v) is 1.23. The first kappa shape index (κ1) is 11.9. The van der Waals surface area contributed by atoms with Crippen molar-refractivity contribution in [3.63, 3.8) is 0 Å². The molecule has 7 heteroatoms. The fraction of sp³-hybridized carbons (Fsp3) is 0.625. The number of ether oxygens (including phenoxy) is 1. The zero-order valence-electron chi connectivity index (χ0n) is 8.04. The second-order valence-corrected chi connectivity index (χ2v) is 3.13. The normalized spacial score (nSPS) is 31.6. The van der Waals surface area contributed by atoms with E-state index in [2.05, 4.69) is 5.32 Å². The molecule has 0 radical (unpaired) electrons. The van der Waals surface area contributed by atoms with Crippen LogP contribution in [0.3, 0.4) is 0 Å². The highest BCUT2D eigenvalue weighted by molar-refractivity contribution is 5.75. The molecule has 3 atom stereocenters. The predicted octanol–water partition coefficient (Wildman–Crippen LogP) is -2.04. The highest BCUT2D eigenvalue weighted by Gasteiger charge is 2.36. The summed E-state index contributed by atoms with van der Waals surface area (Å²) in [6.45, 7) is 0.618. The number of amides is 1. The molecule has 1 rings (SSSR count). The van der Waals surface area contributed by atoms with Gasteiger partial charge in [-0.05, 0) is 0 Å². The van der Waals surface area contributed by atoms with Gasteiger partial charge >= 0.3 is 0 Å². The van der Waals surface area contributed by atoms with Crippen molar-refractivity contribution in [3.8, 4) is 0 Å². The Bertz CT molecular complexity index is 289. The number of carbonyl (C=O) groups is 1. The molecule has 5 N–H and O–H groups in total. The highest BCUT2D eigenvalue weighted by Crippen LogP contribution is 2.21. The molecular formula is C8H13NO6. The van der Waals surface area contributed by atoms with E-state index in [1.54, 1.807) is 0 Å². The van der Waals surface area contributed by atoms with Gasteiger partial charge in [-0.1, -0.05) is 0 Å². The maximum atomic E-state index is 10.7. The van der Waals surface area contributed by atoms with E-state index in [1.807, 2.05) is 0 Å². The van der Waals surface area contributed by atoms with Crippen molar-refractivity contribution in [1.29, 1.82) is 0 Å². The molecule has 0 bridgehead atoms. The van der Waals surface area contributed by atoms with Crippen molar-refractivity contribution < 1.29 is 30.0 Å². The van der Waals surface area contributed by atoms with Crippen molar-refractivity contribution >= 4 is 5.91 Å². The standard InChI is InChI=1S/C8H13NO6/c1-3(11)9-5-7(13)6(12)4(2-10)15-8(5)14/h4,6,8,10,12-14H,2H2,1H3,(H,9,11)/t4-,6+,8+/m1/s1. The SMILES string of the molecule is CC(=O)NC1=C(O)[C@@H](O)[C@@H](CO)O[C@@H]1O. The molecule has 1 aliphatic rings. The van der Waals surface area contributed by atoms with Gasteiger partial charge in [0, 0.05) is 6.92 Å². The van der Waals surface area contributed by atoms with Crippen LogP contribution in [-0.4, -0.2) is 51.4 Å². The molecule has 0 aliphatic carbocycles. The summed E-state index contributed by atoms with van der Waals surface area (Å²) in [7, 11) is 0. The monoisotopic (exact) mass is 219 g/mol. The Morgan fingerprint density at radius 2 is 2.13 bits per heavy atom. The number of hydrogen-bond acceptors (Lipinski definition) is 6. The molecule has 0 aromatic carbocycles. The molecule has 1 aliphatic heterocycles. The molecule has 0 saturated carbocycles. The first-order valence-corrected chi connectivity index (χ1v) is 4.30. The fourth-order valence-electron chi connectivity index (χ4n) is 1.23. The van der Waals surface area contributed by atoms with Gasteiger partial charge in [-0.15, -0.1) is 0 Å². The maximum Gasteiger partial charge on any atom is 0.221 e. The lowest BCUT2D eigenvalue weighted by Gasteiger charge is -2.31. The van der Waals surface area contributed by atoms with E-state index in [9.17, 15) is 20.1 Å². The second kappa shape index (κ2) is 4.58. The smallest absolute Gasteiger partial charge is 0.221 e. The minimum absolute atomic E-state index is 0.306. The van der Waals surface area contributed by atoms with Crippen LogP contribution < -0.4 is 5.32 Å². The number of nitrogens with one attached hydrogen (secondary N) is 1. The molecular weight excluding hydrogens is 206 g/mol. The molecule has 7 nitrogen and oxygen atoms in total. The molecule has 86 valence electrons. The quantitative estimate of drug-likeness (QED) is 0.365. The summed E-state index contributed by atoms with van der Waals surface area (Å²) in [6.07, 6.45) is -4.16. The number of aliphatic hydroxyl groups is 4. The summed E-state index contributed by atoms with van der Waals surface area (Å²) in [5, 5.41) is 39.0. The zero-order valence-corrected chi connectivity index (χ0v) is 8.04. The van der Waals surface area contributed by atoms with Crippen molar-refractivity contribution in [2.75, 3.05) is 6.61 Å². The molecule has 1 heterocycles. The third-order valence-corrected chi connectivity index (χ3v) is 1.95. The number of aliphatic hydroxyl groups excluding tert-OH is 4. The third-order valence-electron chi connectivity index (χ3n) is 1.95. The van der Waals surface area contributed by atoms with E-state index in [1.165, 1.54) is 6.92 Å². The van der Waals surface area contributed by atoms with Gasteiger partial charge in [-0.2, -0.15) is 0 Å². The van der Waals surface area contributed by atoms with Crippen LogP contribution in [0.25, 0.3) is 0 Å². The predicted molar refractivity (Wildman–Crippen MR) is 47.4 cm³/mol. The Labute approximate surface area is 85.6 Å². The Hall–Kier alpha value is -1.15. The summed E-state index contributed by atoms with van der Waals surface area (Å²) >= 11 is 0. The van der Waals surface area contributed by atoms with Crippen molar-refractivity contribution in [3.05, 3.63) is 11.5 Å². The van der Waals surface area contributed by atoms with Crippen LogP contribution >= 0.6 is 0 Å². The summed E-state index contributed by atoms with van der Waals surface area (Å²) in [4.78, 5) is 10.7. The van der Waals surface area contributed by atoms with E-state index < -0.39 is 36.8 Å². The molecule has 0 spiro atoms. The Balaban J connectivity index is 2.92. The number of rotatable bonds is 2. The average Bonchev–Trinajstić information content (AvgIpc) is 2.18. The van der Waals surface area contributed by atoms with Gasteiger partial charge in [0.05, 0.1) is 6.61 Å². The topological polar surface area (TPSA) is 119 Å². The van der Waals surface area contributed by atoms with Crippen LogP contribution in [0, 0.1) is 0 Å². The van der Waals surface area contributed by atoms with Gasteiger partial charge < -0.3 is 30.5 Å². The second-order valence-electron chi connectivity index (χ2n) is 3.13. The lowest BCUT2D eigenvalue weighted by atomic mass is 10.1. The van der Waals surface area contributed by atoms with Crippen LogP contribution in [0.1, 0.15) is 6.92 Å². The lowest BCUT2D eigenvalue weighted by molar-refractivity contribution is -0.176. The summed E-state index contributed by atoms with van der Waals surface area (Å²) < 4.78 is 4.75. The van der Waals surface area contributed by atoms with E-state index >= 15 is 0 Å². The van der Waals surface area contributed by atoms with Gasteiger partial charge in [-0.25, -0.2) is 0 Å². The molecule has 0 unspecified atom stereocenters. The largest absolute Gasteiger partial charge is 0.507 e. The van der Waals surface area contributed by atoms with Gasteiger partial charge in [0.25, 0.3) is 0 Å². The van der Waals surface area contributed by atoms with Crippen LogP contribution in [-0.2, 0) is 9.53 Å². The Morgan fingerprint density at radius 1 is 1.53 bits per heavy atom. The Kier molecular flexibility index (Phi) is 3.64. The number of hydrogen-bond donors (Lipinski definition) is 5. The highest BCUT2D eigenvalue weighted by atomic mass is 16.6. The van der Waals surface area contributed by atoms with Crippen LogP contribution in [0.5, 0.6) is 0 Å². The minimum Gasteiger partial charge on any atom is -0.507 e. The van der Waals surface area contributed by atoms with Crippen molar-refractivity contribution in [1.82, 2.24) is 5.32 Å². The van der Waals surface area contributed by atoms with Crippen LogP contribution in [0.4, 0.5) is 0 Å². The van der Waals surface area contributed by atoms with Crippen molar-refractivity contribution in [2.45, 2.75) is 25.4 Å². The minimum atomic E-state index is -1.57. The average molecular weight is 219 g/mol. The lowest BCUT2D eigenvalue weighted by Crippen LogP contribution is -2.47. The first-order valence-electron chi connectivity index (χ1n) is 4.30. The zero-order chi connectivity index (χ0) is 11.6. The van der Waals surface area contributed by atoms with Gasteiger partial charge in [0.1, 0.15) is 23.7 Å². The van der Waals surface area contributed by atoms with Gasteiger partial charge in [0.2, 0.25) is 5.91 Å². The molecule has 15 heavy (non-hydrogen) atoms. The molecule has 0 fully saturated rings. The van der Waals surface area contributed by atoms with Crippen LogP contribution in [0.2, 0.25) is 0 Å². The first-order chi connectivity index (χ1) is 6.97. The van der Waals surface area contributed by atoms with Gasteiger partial charge in [-0.3, -0.25) is 4.79 Å². The summed E-state index contributed by atoms with van der Waals surface area (Å²) in [5.41, 5.74) is -0.306. The van der Waals surface area contributed by atoms with Crippen LogP contribution in [0.15, 0.2) is 11.5 Å². The number of carbonyl (C=O) groups excluding carboxylic acids is 1. The molecule has 0 saturated heterocycles. The third kappa shape index (κ3) is 2.45. The van der Waals surface area contributed by atoms with Crippen molar-refractivity contribution in [2.24, 2.45) is 0 Å². The van der Waals surface area contributed by atoms with E-state index in [-0.39, 0.29) is 5.70 Å². The van der Waals surface area contributed by atoms with E-state index in [4.69, 9.17) is 9.84 Å². The molecule has 1 amide bonds. The summed E-state index contributed by atoms with van der Waals surface area (Å²) in [5.74, 6) is -1.13. The van der Waals surface area contributed by atoms with E-state index in [0.717, 1.165) is 0 Å². The maximum absolute atomic E-state index is 10.7. The van der Waals surface area contributed by atoms with E-state index in [0.29, 0.717) is 0 Å². The molecule has 0 aromatic heterocycles. The molecule has 0 aromatic rings.